The van der Waals surface area contributed by atoms with Crippen molar-refractivity contribution in [1.82, 2.24) is 19.5 Å². The molecule has 1 fully saturated rings. The molecule has 2 unspecified atom stereocenters. The van der Waals surface area contributed by atoms with Crippen LogP contribution in [0.25, 0.3) is 11.2 Å². The van der Waals surface area contributed by atoms with Crippen molar-refractivity contribution in [2.24, 2.45) is 0 Å². The van der Waals surface area contributed by atoms with Crippen LogP contribution in [0.4, 0.5) is 5.82 Å². The number of aliphatic hydroxyl groups is 2. The van der Waals surface area contributed by atoms with Gasteiger partial charge >= 0.3 is 19.0 Å². The molecule has 1 aliphatic rings. The topological polar surface area (TPSA) is 250 Å². The molecule has 2 aromatic rings. The molecule has 22 heteroatoms. The maximum atomic E-state index is 12.3. The normalized spacial score (nSPS) is 28.0. The lowest BCUT2D eigenvalue weighted by Crippen LogP contribution is -2.33. The standard InChI is InChI=1S/C11H15BCl2N5O11P3/c12-33(27,30-32(25,26)11(13,14)31(22,23)24)28-1-4-6(20)7(21)10(29-4)19-3-18-5-8(15)16-2-17-9(5)19/h2-4,6-7,10,20-21H,1H2,(H,25,26)(H2,15,16,17)(H2,22,23,24)/t4-,6-,7-,10-,33?/m1/s1. The molecule has 0 amide bonds. The molecule has 2 aromatic heterocycles. The molecule has 0 aromatic carbocycles. The van der Waals surface area contributed by atoms with Crippen LogP contribution in [0, 0.1) is 0 Å². The smallest absolute Gasteiger partial charge is 0.383 e. The first-order chi connectivity index (χ1) is 15.0. The fraction of sp³-hybridized carbons (Fsp3) is 0.545. The Hall–Kier alpha value is -0.635. The zero-order valence-electron chi connectivity index (χ0n) is 15.9. The van der Waals surface area contributed by atoms with Gasteiger partial charge in [-0.15, -0.1) is 0 Å². The summed E-state index contributed by atoms with van der Waals surface area (Å²) < 4.78 is 47.4. The zero-order valence-corrected chi connectivity index (χ0v) is 20.1. The molecule has 0 bridgehead atoms. The molecule has 3 heterocycles. The number of alkyl halides is 2. The number of ether oxygens (including phenoxy) is 1. The van der Waals surface area contributed by atoms with E-state index in [9.17, 15) is 28.8 Å². The van der Waals surface area contributed by atoms with E-state index in [4.69, 9.17) is 55.5 Å². The lowest BCUT2D eigenvalue weighted by atomic mass is 10.1. The summed E-state index contributed by atoms with van der Waals surface area (Å²) in [5.74, 6) is 0.0475. The van der Waals surface area contributed by atoms with E-state index in [0.717, 1.165) is 6.33 Å². The number of aromatic nitrogens is 4. The molecular formula is C11H15BCl2N5O11P3. The van der Waals surface area contributed by atoms with Gasteiger partial charge in [0.15, 0.2) is 17.7 Å². The monoisotopic (exact) mass is 567 g/mol. The van der Waals surface area contributed by atoms with E-state index in [1.807, 2.05) is 0 Å². The number of nitrogens with two attached hydrogens (primary N) is 1. The van der Waals surface area contributed by atoms with Gasteiger partial charge in [0.25, 0.3) is 7.47 Å². The van der Waals surface area contributed by atoms with Gasteiger partial charge in [-0.1, -0.05) is 23.2 Å². The molecule has 1 aliphatic heterocycles. The summed E-state index contributed by atoms with van der Waals surface area (Å²) in [5, 5.41) is 20.6. The Balaban J connectivity index is 1.72. The molecule has 7 N–H and O–H groups in total. The van der Waals surface area contributed by atoms with Crippen LogP contribution >= 0.6 is 45.9 Å². The van der Waals surface area contributed by atoms with Crippen LogP contribution < -0.4 is 5.73 Å². The van der Waals surface area contributed by atoms with Gasteiger partial charge in [-0.25, -0.2) is 19.3 Å². The highest BCUT2D eigenvalue weighted by Crippen LogP contribution is 2.79. The molecule has 16 nitrogen and oxygen atoms in total. The van der Waals surface area contributed by atoms with Gasteiger partial charge in [0.05, 0.1) is 12.9 Å². The second-order valence-corrected chi connectivity index (χ2v) is 14.8. The van der Waals surface area contributed by atoms with Gasteiger partial charge in [0.2, 0.25) is 7.57 Å². The van der Waals surface area contributed by atoms with Gasteiger partial charge in [-0.2, -0.15) is 0 Å². The molecule has 2 radical (unpaired) electrons. The fourth-order valence-corrected chi connectivity index (χ4v) is 7.09. The summed E-state index contributed by atoms with van der Waals surface area (Å²) in [4.78, 5) is 39.4. The number of aliphatic hydroxyl groups excluding tert-OH is 2. The first-order valence-corrected chi connectivity index (χ1v) is 14.0. The van der Waals surface area contributed by atoms with Crippen molar-refractivity contribution in [2.45, 2.75) is 28.4 Å². The number of hydrogen-bond donors (Lipinski definition) is 6. The SMILES string of the molecule is [B]P(=O)(OC[C@H]1O[C@@H](n2cnc3c(N)ncnc32)[C@H](O)[C@@H]1O)OP(=O)(O)C(Cl)(Cl)P(=O)(O)O. The first-order valence-electron chi connectivity index (χ1n) is 8.44. The highest BCUT2D eigenvalue weighted by molar-refractivity contribution is 7.88. The molecule has 0 spiro atoms. The average molecular weight is 568 g/mol. The van der Waals surface area contributed by atoms with Crippen LogP contribution in [0.1, 0.15) is 6.23 Å². The average Bonchev–Trinajstić information content (AvgIpc) is 3.21. The van der Waals surface area contributed by atoms with E-state index >= 15 is 0 Å². The number of anilines is 1. The van der Waals surface area contributed by atoms with E-state index in [0.29, 0.717) is 0 Å². The predicted octanol–water partition coefficient (Wildman–Crippen LogP) is -0.211. The predicted molar refractivity (Wildman–Crippen MR) is 112 cm³/mol. The Bertz CT molecular complexity index is 1200. The number of halogens is 2. The summed E-state index contributed by atoms with van der Waals surface area (Å²) in [5.41, 5.74) is 6.04. The molecule has 0 aliphatic carbocycles. The minimum Gasteiger partial charge on any atom is -0.387 e. The summed E-state index contributed by atoms with van der Waals surface area (Å²) >= 11 is 10.4. The Morgan fingerprint density at radius 1 is 1.18 bits per heavy atom. The molecule has 0 saturated carbocycles. The second kappa shape index (κ2) is 9.10. The van der Waals surface area contributed by atoms with Crippen molar-refractivity contribution >= 4 is 70.4 Å². The molecule has 1 saturated heterocycles. The van der Waals surface area contributed by atoms with Gasteiger partial charge in [0, 0.05) is 0 Å². The molecular weight excluding hydrogens is 553 g/mol. The fourth-order valence-electron chi connectivity index (χ4n) is 2.72. The summed E-state index contributed by atoms with van der Waals surface area (Å²) in [6, 6.07) is 0. The van der Waals surface area contributed by atoms with E-state index < -0.39 is 57.6 Å². The van der Waals surface area contributed by atoms with E-state index in [-0.39, 0.29) is 17.0 Å². The molecule has 33 heavy (non-hydrogen) atoms. The van der Waals surface area contributed by atoms with Gasteiger partial charge in [-0.3, -0.25) is 18.3 Å². The molecule has 182 valence electrons. The van der Waals surface area contributed by atoms with Crippen molar-refractivity contribution < 1.29 is 52.2 Å². The van der Waals surface area contributed by atoms with Crippen molar-refractivity contribution in [3.8, 4) is 0 Å². The minimum atomic E-state index is -5.75. The van der Waals surface area contributed by atoms with Gasteiger partial charge in [-0.05, 0) is 0 Å². The first kappa shape index (κ1) is 27.0. The maximum Gasteiger partial charge on any atom is 0.383 e. The summed E-state index contributed by atoms with van der Waals surface area (Å²) in [6.45, 7) is -0.875. The number of fused-ring (bicyclic) bond motifs is 1. The van der Waals surface area contributed by atoms with Crippen molar-refractivity contribution in [2.75, 3.05) is 12.3 Å². The van der Waals surface area contributed by atoms with E-state index in [1.54, 1.807) is 0 Å². The van der Waals surface area contributed by atoms with Crippen LogP contribution in [0.3, 0.4) is 0 Å². The lowest BCUT2D eigenvalue weighted by Gasteiger charge is -2.28. The summed E-state index contributed by atoms with van der Waals surface area (Å²) in [6.07, 6.45) is -3.58. The van der Waals surface area contributed by atoms with E-state index in [2.05, 4.69) is 19.3 Å². The van der Waals surface area contributed by atoms with E-state index in [1.165, 1.54) is 10.9 Å². The number of nitrogens with zero attached hydrogens (tertiary/aromatic N) is 4. The number of imidazole rings is 1. The number of hydrogen-bond acceptors (Lipinski definition) is 12. The zero-order chi connectivity index (χ0) is 25.0. The van der Waals surface area contributed by atoms with Crippen LogP contribution in [-0.2, 0) is 27.3 Å². The Kier molecular flexibility index (Phi) is 7.44. The third kappa shape index (κ3) is 5.16. The third-order valence-electron chi connectivity index (χ3n) is 4.33. The van der Waals surface area contributed by atoms with Crippen molar-refractivity contribution in [3.05, 3.63) is 12.7 Å². The minimum absolute atomic E-state index is 0.0475. The maximum absolute atomic E-state index is 12.3. The largest absolute Gasteiger partial charge is 0.387 e. The van der Waals surface area contributed by atoms with Gasteiger partial charge in [0.1, 0.15) is 30.2 Å². The van der Waals surface area contributed by atoms with Gasteiger partial charge < -0.3 is 39.9 Å². The third-order valence-corrected chi connectivity index (χ3v) is 12.2. The lowest BCUT2D eigenvalue weighted by molar-refractivity contribution is -0.0478. The molecule has 6 atom stereocenters. The van der Waals surface area contributed by atoms with Crippen molar-refractivity contribution in [3.63, 3.8) is 0 Å². The molecule has 3 rings (SSSR count). The van der Waals surface area contributed by atoms with Crippen LogP contribution in [0.15, 0.2) is 12.7 Å². The van der Waals surface area contributed by atoms with Crippen LogP contribution in [-0.4, -0.2) is 80.7 Å². The quantitative estimate of drug-likeness (QED) is 0.137. The highest BCUT2D eigenvalue weighted by Gasteiger charge is 2.62. The summed E-state index contributed by atoms with van der Waals surface area (Å²) in [7, 11) is -11.3. The van der Waals surface area contributed by atoms with Crippen molar-refractivity contribution in [1.29, 1.82) is 0 Å². The number of nitrogen functional groups attached to an aromatic ring is 1. The highest BCUT2D eigenvalue weighted by atomic mass is 35.5. The Morgan fingerprint density at radius 3 is 2.42 bits per heavy atom. The van der Waals surface area contributed by atoms with Crippen LogP contribution in [0.5, 0.6) is 0 Å². The Morgan fingerprint density at radius 2 is 1.82 bits per heavy atom. The second-order valence-electron chi connectivity index (χ2n) is 6.62. The van der Waals surface area contributed by atoms with Crippen LogP contribution in [0.2, 0.25) is 0 Å². The number of rotatable bonds is 8. The Labute approximate surface area is 195 Å².